The first kappa shape index (κ1) is 27.6. The molecule has 7 nitrogen and oxygen atoms in total. The van der Waals surface area contributed by atoms with Crippen LogP contribution in [0.3, 0.4) is 0 Å². The van der Waals surface area contributed by atoms with E-state index in [4.69, 9.17) is 39.5 Å². The lowest BCUT2D eigenvalue weighted by Gasteiger charge is -2.29. The van der Waals surface area contributed by atoms with Crippen LogP contribution in [0.2, 0.25) is 15.1 Å². The fourth-order valence-corrected chi connectivity index (χ4v) is 3.28. The number of ketones is 1. The molecule has 1 amide bonds. The van der Waals surface area contributed by atoms with Crippen LogP contribution in [-0.4, -0.2) is 34.3 Å². The van der Waals surface area contributed by atoms with E-state index >= 15 is 0 Å². The Balaban J connectivity index is 2.34. The number of esters is 1. The van der Waals surface area contributed by atoms with Crippen LogP contribution in [0.25, 0.3) is 0 Å². The number of hydrogen-bond acceptors (Lipinski definition) is 5. The van der Waals surface area contributed by atoms with Crippen molar-refractivity contribution >= 4 is 64.1 Å². The van der Waals surface area contributed by atoms with Crippen molar-refractivity contribution < 1.29 is 29.0 Å². The molecule has 0 aromatic heterocycles. The van der Waals surface area contributed by atoms with E-state index in [1.54, 1.807) is 32.0 Å². The van der Waals surface area contributed by atoms with Crippen LogP contribution in [0.4, 0.5) is 5.69 Å². The largest absolute Gasteiger partial charge is 0.478 e. The van der Waals surface area contributed by atoms with Crippen LogP contribution in [0.5, 0.6) is 0 Å². The predicted octanol–water partition coefficient (Wildman–Crippen LogP) is 5.82. The molecule has 0 fully saturated rings. The van der Waals surface area contributed by atoms with Crippen LogP contribution in [0, 0.1) is 5.92 Å². The highest BCUT2D eigenvalue weighted by Gasteiger charge is 2.32. The molecule has 0 saturated heterocycles. The molecule has 182 valence electrons. The molecule has 34 heavy (non-hydrogen) atoms. The number of hydrogen-bond donors (Lipinski definition) is 1. The standard InChI is InChI=1S/C24H24Cl3NO6/c1-13(2)24(3,4)34-23(33)20(29)11-21(30)28(12-14-5-8-17(25)19(27)9-14)15-6-7-16(22(31)32)18(26)10-15/h5-10,13H,11-12H2,1-4H3,(H,31,32). The third-order valence-electron chi connectivity index (χ3n) is 5.41. The molecule has 2 aromatic carbocycles. The molecule has 1 N–H and O–H groups in total. The monoisotopic (exact) mass is 527 g/mol. The molecule has 0 aliphatic carbocycles. The van der Waals surface area contributed by atoms with Crippen molar-refractivity contribution in [3.8, 4) is 0 Å². The summed E-state index contributed by atoms with van der Waals surface area (Å²) in [7, 11) is 0. The summed E-state index contributed by atoms with van der Waals surface area (Å²) >= 11 is 18.1. The summed E-state index contributed by atoms with van der Waals surface area (Å²) in [4.78, 5) is 50.4. The van der Waals surface area contributed by atoms with Gasteiger partial charge in [0.05, 0.1) is 33.6 Å². The van der Waals surface area contributed by atoms with Crippen molar-refractivity contribution in [3.05, 3.63) is 62.6 Å². The van der Waals surface area contributed by atoms with Gasteiger partial charge in [0.1, 0.15) is 5.60 Å². The van der Waals surface area contributed by atoms with Gasteiger partial charge in [0.2, 0.25) is 11.7 Å². The fourth-order valence-electron chi connectivity index (χ4n) is 2.71. The predicted molar refractivity (Wildman–Crippen MR) is 131 cm³/mol. The van der Waals surface area contributed by atoms with Gasteiger partial charge in [-0.2, -0.15) is 0 Å². The maximum atomic E-state index is 13.1. The molecule has 0 bridgehead atoms. The van der Waals surface area contributed by atoms with Gasteiger partial charge in [0, 0.05) is 5.69 Å². The van der Waals surface area contributed by atoms with Gasteiger partial charge in [-0.15, -0.1) is 0 Å². The molecule has 0 heterocycles. The van der Waals surface area contributed by atoms with E-state index in [-0.39, 0.29) is 33.8 Å². The zero-order valence-electron chi connectivity index (χ0n) is 19.0. The van der Waals surface area contributed by atoms with Gasteiger partial charge in [-0.05, 0) is 55.7 Å². The minimum absolute atomic E-state index is 0.0434. The minimum atomic E-state index is -1.23. The number of ether oxygens (including phenoxy) is 1. The maximum absolute atomic E-state index is 13.1. The van der Waals surface area contributed by atoms with Crippen molar-refractivity contribution in [1.29, 1.82) is 0 Å². The highest BCUT2D eigenvalue weighted by Crippen LogP contribution is 2.28. The number of halogens is 3. The molecule has 0 unspecified atom stereocenters. The summed E-state index contributed by atoms with van der Waals surface area (Å²) in [6.45, 7) is 6.98. The Bertz CT molecular complexity index is 1130. The number of carboxylic acids is 1. The van der Waals surface area contributed by atoms with E-state index in [1.807, 2.05) is 13.8 Å². The van der Waals surface area contributed by atoms with Gasteiger partial charge >= 0.3 is 11.9 Å². The van der Waals surface area contributed by atoms with Crippen LogP contribution in [-0.2, 0) is 25.7 Å². The van der Waals surface area contributed by atoms with Gasteiger partial charge in [0.25, 0.3) is 0 Å². The van der Waals surface area contributed by atoms with Gasteiger partial charge in [-0.25, -0.2) is 9.59 Å². The Hall–Kier alpha value is -2.61. The Morgan fingerprint density at radius 3 is 2.15 bits per heavy atom. The van der Waals surface area contributed by atoms with E-state index in [0.717, 1.165) is 0 Å². The Morgan fingerprint density at radius 1 is 0.971 bits per heavy atom. The fraction of sp³-hybridized carbons (Fsp3) is 0.333. The molecule has 2 aromatic rings. The first-order valence-corrected chi connectivity index (χ1v) is 11.4. The molecule has 10 heteroatoms. The molecule has 0 radical (unpaired) electrons. The summed E-state index contributed by atoms with van der Waals surface area (Å²) in [6.07, 6.45) is -0.757. The van der Waals surface area contributed by atoms with E-state index in [1.165, 1.54) is 23.1 Å². The van der Waals surface area contributed by atoms with Crippen molar-refractivity contribution in [2.75, 3.05) is 4.90 Å². The highest BCUT2D eigenvalue weighted by atomic mass is 35.5. The Labute approximate surface area is 212 Å². The summed E-state index contributed by atoms with van der Waals surface area (Å²) in [5.74, 6) is -4.12. The average molecular weight is 529 g/mol. The van der Waals surface area contributed by atoms with Crippen molar-refractivity contribution in [3.63, 3.8) is 0 Å². The van der Waals surface area contributed by atoms with Gasteiger partial charge in [0.15, 0.2) is 0 Å². The molecular weight excluding hydrogens is 505 g/mol. The van der Waals surface area contributed by atoms with Crippen molar-refractivity contribution in [2.45, 2.75) is 46.3 Å². The van der Waals surface area contributed by atoms with Crippen LogP contribution in [0.15, 0.2) is 36.4 Å². The van der Waals surface area contributed by atoms with Crippen LogP contribution < -0.4 is 4.90 Å². The van der Waals surface area contributed by atoms with E-state index in [9.17, 15) is 24.3 Å². The maximum Gasteiger partial charge on any atom is 0.375 e. The van der Waals surface area contributed by atoms with Crippen molar-refractivity contribution in [2.24, 2.45) is 5.92 Å². The second kappa shape index (κ2) is 11.2. The summed E-state index contributed by atoms with van der Waals surface area (Å²) in [6, 6.07) is 8.68. The smallest absolute Gasteiger partial charge is 0.375 e. The number of carbonyl (C=O) groups excluding carboxylic acids is 3. The Kier molecular flexibility index (Phi) is 9.11. The molecule has 0 aliphatic heterocycles. The molecule has 2 rings (SSSR count). The number of Topliss-reactive ketones (excluding diaryl/α,β-unsaturated/α-hetero) is 1. The summed E-state index contributed by atoms with van der Waals surface area (Å²) in [5.41, 5.74) is -0.231. The van der Waals surface area contributed by atoms with Crippen LogP contribution >= 0.6 is 34.8 Å². The number of aromatic carboxylic acids is 1. The molecular formula is C24H24Cl3NO6. The van der Waals surface area contributed by atoms with Gasteiger partial charge < -0.3 is 14.7 Å². The van der Waals surface area contributed by atoms with Gasteiger partial charge in [-0.1, -0.05) is 54.7 Å². The number of nitrogens with zero attached hydrogens (tertiary/aromatic N) is 1. The first-order chi connectivity index (χ1) is 15.7. The van der Waals surface area contributed by atoms with E-state index in [2.05, 4.69) is 0 Å². The van der Waals surface area contributed by atoms with E-state index < -0.39 is 35.7 Å². The highest BCUT2D eigenvalue weighted by molar-refractivity contribution is 6.42. The molecule has 0 aliphatic rings. The normalized spacial score (nSPS) is 11.3. The number of anilines is 1. The third kappa shape index (κ3) is 6.95. The number of carboxylic acid groups (broad SMARTS) is 1. The zero-order chi connectivity index (χ0) is 25.8. The first-order valence-electron chi connectivity index (χ1n) is 10.3. The molecule has 0 spiro atoms. The summed E-state index contributed by atoms with van der Waals surface area (Å²) < 4.78 is 5.28. The summed E-state index contributed by atoms with van der Waals surface area (Å²) in [5, 5.41) is 9.71. The van der Waals surface area contributed by atoms with E-state index in [0.29, 0.717) is 10.6 Å². The Morgan fingerprint density at radius 2 is 1.62 bits per heavy atom. The number of benzene rings is 2. The number of carbonyl (C=O) groups is 4. The lowest BCUT2D eigenvalue weighted by molar-refractivity contribution is -0.167. The zero-order valence-corrected chi connectivity index (χ0v) is 21.3. The molecule has 0 saturated carbocycles. The SMILES string of the molecule is CC(C)C(C)(C)OC(=O)C(=O)CC(=O)N(Cc1ccc(Cl)c(Cl)c1)c1ccc(C(=O)O)c(Cl)c1. The number of rotatable bonds is 9. The third-order valence-corrected chi connectivity index (χ3v) is 6.46. The average Bonchev–Trinajstić information content (AvgIpc) is 2.73. The van der Waals surface area contributed by atoms with Crippen molar-refractivity contribution in [1.82, 2.24) is 0 Å². The lowest BCUT2D eigenvalue weighted by atomic mass is 9.94. The topological polar surface area (TPSA) is 101 Å². The number of amides is 1. The second-order valence-electron chi connectivity index (χ2n) is 8.45. The quantitative estimate of drug-likeness (QED) is 0.250. The minimum Gasteiger partial charge on any atom is -0.478 e. The molecule has 0 atom stereocenters. The van der Waals surface area contributed by atoms with Crippen LogP contribution in [0.1, 0.15) is 50.0 Å². The second-order valence-corrected chi connectivity index (χ2v) is 9.67. The van der Waals surface area contributed by atoms with Gasteiger partial charge in [-0.3, -0.25) is 9.59 Å². The lowest BCUT2D eigenvalue weighted by Crippen LogP contribution is -2.38.